The second-order valence-electron chi connectivity index (χ2n) is 10.1. The minimum atomic E-state index is -4.10. The lowest BCUT2D eigenvalue weighted by atomic mass is 10.1. The van der Waals surface area contributed by atoms with E-state index in [0.29, 0.717) is 21.8 Å². The van der Waals surface area contributed by atoms with E-state index in [0.717, 1.165) is 4.31 Å². The van der Waals surface area contributed by atoms with E-state index in [9.17, 15) is 18.0 Å². The van der Waals surface area contributed by atoms with Crippen molar-refractivity contribution in [3.05, 3.63) is 95.0 Å². The monoisotopic (exact) mass is 555 g/mol. The van der Waals surface area contributed by atoms with Gasteiger partial charge in [-0.3, -0.25) is 13.9 Å². The predicted octanol–water partition coefficient (Wildman–Crippen LogP) is 5.18. The van der Waals surface area contributed by atoms with Gasteiger partial charge in [-0.05, 0) is 70.0 Å². The van der Waals surface area contributed by atoms with E-state index in [4.69, 9.17) is 11.6 Å². The van der Waals surface area contributed by atoms with E-state index in [-0.39, 0.29) is 17.3 Å². The molecule has 7 nitrogen and oxygen atoms in total. The summed E-state index contributed by atoms with van der Waals surface area (Å²) in [5, 5.41) is 3.35. The number of amides is 2. The summed E-state index contributed by atoms with van der Waals surface area (Å²) in [6.07, 6.45) is 0. The van der Waals surface area contributed by atoms with Gasteiger partial charge in [-0.15, -0.1) is 0 Å². The number of halogens is 1. The van der Waals surface area contributed by atoms with Crippen LogP contribution in [0.15, 0.2) is 83.8 Å². The van der Waals surface area contributed by atoms with Crippen LogP contribution >= 0.6 is 11.6 Å². The first-order valence-corrected chi connectivity index (χ1v) is 14.1. The zero-order valence-corrected chi connectivity index (χ0v) is 23.9. The van der Waals surface area contributed by atoms with Crippen molar-refractivity contribution in [2.24, 2.45) is 0 Å². The third kappa shape index (κ3) is 7.14. The zero-order chi connectivity index (χ0) is 28.1. The summed E-state index contributed by atoms with van der Waals surface area (Å²) >= 11 is 6.39. The van der Waals surface area contributed by atoms with Crippen LogP contribution < -0.4 is 9.62 Å². The molecule has 38 heavy (non-hydrogen) atoms. The Balaban J connectivity index is 2.05. The molecule has 0 bridgehead atoms. The van der Waals surface area contributed by atoms with Crippen molar-refractivity contribution >= 4 is 39.1 Å². The summed E-state index contributed by atoms with van der Waals surface area (Å²) < 4.78 is 28.7. The van der Waals surface area contributed by atoms with Crippen LogP contribution in [-0.4, -0.2) is 43.3 Å². The lowest BCUT2D eigenvalue weighted by Crippen LogP contribution is -2.54. The number of hydrogen-bond donors (Lipinski definition) is 1. The molecule has 0 spiro atoms. The summed E-state index contributed by atoms with van der Waals surface area (Å²) in [6, 6.07) is 21.1. The Morgan fingerprint density at radius 1 is 0.921 bits per heavy atom. The Hall–Kier alpha value is -3.36. The Bertz CT molecular complexity index is 1390. The number of carbonyl (C=O) groups excluding carboxylic acids is 2. The maximum absolute atomic E-state index is 13.9. The van der Waals surface area contributed by atoms with Gasteiger partial charge in [0, 0.05) is 17.1 Å². The number of carbonyl (C=O) groups is 2. The summed E-state index contributed by atoms with van der Waals surface area (Å²) in [5.41, 5.74) is 1.20. The van der Waals surface area contributed by atoms with Gasteiger partial charge in [0.1, 0.15) is 12.6 Å². The Morgan fingerprint density at radius 3 is 2.11 bits per heavy atom. The summed E-state index contributed by atoms with van der Waals surface area (Å²) in [4.78, 5) is 28.5. The zero-order valence-electron chi connectivity index (χ0n) is 22.3. The Labute approximate surface area is 230 Å². The minimum Gasteiger partial charge on any atom is -0.350 e. The quantitative estimate of drug-likeness (QED) is 0.394. The number of rotatable bonds is 9. The lowest BCUT2D eigenvalue weighted by Gasteiger charge is -2.34. The van der Waals surface area contributed by atoms with Gasteiger partial charge in [0.25, 0.3) is 10.0 Å². The number of aryl methyl sites for hydroxylation is 1. The molecule has 2 amide bonds. The van der Waals surface area contributed by atoms with Crippen molar-refractivity contribution in [1.29, 1.82) is 0 Å². The van der Waals surface area contributed by atoms with E-state index in [2.05, 4.69) is 5.32 Å². The largest absolute Gasteiger partial charge is 0.350 e. The second-order valence-corrected chi connectivity index (χ2v) is 12.4. The number of benzene rings is 3. The van der Waals surface area contributed by atoms with Gasteiger partial charge >= 0.3 is 0 Å². The number of sulfonamides is 1. The maximum atomic E-state index is 13.9. The predicted molar refractivity (Wildman–Crippen MR) is 152 cm³/mol. The van der Waals surface area contributed by atoms with Crippen LogP contribution in [0.5, 0.6) is 0 Å². The van der Waals surface area contributed by atoms with Gasteiger partial charge in [-0.1, -0.05) is 66.2 Å². The third-order valence-corrected chi connectivity index (χ3v) is 8.10. The molecule has 202 valence electrons. The molecule has 0 saturated carbocycles. The fourth-order valence-electron chi connectivity index (χ4n) is 3.94. The van der Waals surface area contributed by atoms with E-state index in [1.54, 1.807) is 80.6 Å². The molecule has 0 radical (unpaired) electrons. The highest BCUT2D eigenvalue weighted by Gasteiger charge is 2.34. The molecular formula is C29H34ClN3O4S. The topological polar surface area (TPSA) is 86.8 Å². The van der Waals surface area contributed by atoms with Crippen molar-refractivity contribution < 1.29 is 18.0 Å². The van der Waals surface area contributed by atoms with Crippen LogP contribution in [0.3, 0.4) is 0 Å². The van der Waals surface area contributed by atoms with Crippen LogP contribution in [0.25, 0.3) is 0 Å². The highest BCUT2D eigenvalue weighted by Crippen LogP contribution is 2.27. The van der Waals surface area contributed by atoms with Crippen LogP contribution in [0.1, 0.15) is 38.8 Å². The molecule has 0 aliphatic heterocycles. The molecule has 0 aliphatic carbocycles. The lowest BCUT2D eigenvalue weighted by molar-refractivity contribution is -0.140. The van der Waals surface area contributed by atoms with Crippen molar-refractivity contribution in [3.8, 4) is 0 Å². The smallest absolute Gasteiger partial charge is 0.264 e. The SMILES string of the molecule is Cc1ccccc1N(CC(=O)N(Cc1ccccc1Cl)[C@@H](C)C(=O)NC(C)(C)C)S(=O)(=O)c1ccccc1. The van der Waals surface area contributed by atoms with E-state index in [1.807, 2.05) is 20.8 Å². The minimum absolute atomic E-state index is 0.0320. The molecule has 0 aliphatic rings. The second kappa shape index (κ2) is 12.0. The molecule has 3 rings (SSSR count). The average molecular weight is 556 g/mol. The normalized spacial score (nSPS) is 12.5. The first-order chi connectivity index (χ1) is 17.8. The standard InChI is InChI=1S/C29H34ClN3O4S/c1-21-13-9-12-18-26(21)33(38(36,37)24-15-7-6-8-16-24)20-27(34)32(19-23-14-10-11-17-25(23)30)22(2)28(35)31-29(3,4)5/h6-18,22H,19-20H2,1-5H3,(H,31,35)/t22-/m0/s1. The van der Waals surface area contributed by atoms with Gasteiger partial charge < -0.3 is 10.2 Å². The van der Waals surface area contributed by atoms with Crippen molar-refractivity contribution in [1.82, 2.24) is 10.2 Å². The van der Waals surface area contributed by atoms with Crippen molar-refractivity contribution in [3.63, 3.8) is 0 Å². The molecule has 1 atom stereocenters. The first-order valence-electron chi connectivity index (χ1n) is 12.3. The number of nitrogens with one attached hydrogen (secondary N) is 1. The molecule has 0 heterocycles. The molecule has 1 N–H and O–H groups in total. The number of nitrogens with zero attached hydrogens (tertiary/aromatic N) is 2. The third-order valence-electron chi connectivity index (χ3n) is 5.96. The van der Waals surface area contributed by atoms with Gasteiger partial charge in [-0.25, -0.2) is 8.42 Å². The summed E-state index contributed by atoms with van der Waals surface area (Å²) in [7, 11) is -4.10. The van der Waals surface area contributed by atoms with E-state index in [1.165, 1.54) is 17.0 Å². The van der Waals surface area contributed by atoms with Gasteiger partial charge in [0.05, 0.1) is 10.6 Å². The molecular weight excluding hydrogens is 522 g/mol. The van der Waals surface area contributed by atoms with Gasteiger partial charge in [-0.2, -0.15) is 0 Å². The fourth-order valence-corrected chi connectivity index (χ4v) is 5.64. The highest BCUT2D eigenvalue weighted by atomic mass is 35.5. The number of para-hydroxylation sites is 1. The van der Waals surface area contributed by atoms with Crippen LogP contribution in [0, 0.1) is 6.92 Å². The van der Waals surface area contributed by atoms with E-state index >= 15 is 0 Å². The number of anilines is 1. The first kappa shape index (κ1) is 29.2. The Morgan fingerprint density at radius 2 is 1.50 bits per heavy atom. The van der Waals surface area contributed by atoms with Crippen molar-refractivity contribution in [2.45, 2.75) is 57.6 Å². The van der Waals surface area contributed by atoms with E-state index < -0.39 is 34.1 Å². The summed E-state index contributed by atoms with van der Waals surface area (Å²) in [6.45, 7) is 8.50. The van der Waals surface area contributed by atoms with Crippen LogP contribution in [0.4, 0.5) is 5.69 Å². The summed E-state index contributed by atoms with van der Waals surface area (Å²) in [5.74, 6) is -0.893. The molecule has 0 saturated heterocycles. The maximum Gasteiger partial charge on any atom is 0.264 e. The molecule has 9 heteroatoms. The molecule has 3 aromatic rings. The molecule has 0 fully saturated rings. The Kier molecular flexibility index (Phi) is 9.22. The molecule has 0 aromatic heterocycles. The highest BCUT2D eigenvalue weighted by molar-refractivity contribution is 7.92. The fraction of sp³-hybridized carbons (Fsp3) is 0.310. The molecule has 0 unspecified atom stereocenters. The average Bonchev–Trinajstić information content (AvgIpc) is 2.86. The van der Waals surface area contributed by atoms with Crippen molar-refractivity contribution in [2.75, 3.05) is 10.8 Å². The van der Waals surface area contributed by atoms with Crippen LogP contribution in [-0.2, 0) is 26.2 Å². The van der Waals surface area contributed by atoms with Crippen LogP contribution in [0.2, 0.25) is 5.02 Å². The van der Waals surface area contributed by atoms with Gasteiger partial charge in [0.15, 0.2) is 0 Å². The number of hydrogen-bond acceptors (Lipinski definition) is 4. The van der Waals surface area contributed by atoms with Gasteiger partial charge in [0.2, 0.25) is 11.8 Å². The molecule has 3 aromatic carbocycles.